The highest BCUT2D eigenvalue weighted by molar-refractivity contribution is 7.99. The second-order valence-electron chi connectivity index (χ2n) is 6.44. The molecule has 120 valence electrons. The van der Waals surface area contributed by atoms with Crippen LogP contribution in [0.2, 0.25) is 0 Å². The van der Waals surface area contributed by atoms with Crippen molar-refractivity contribution in [3.05, 3.63) is 5.82 Å². The molecule has 0 saturated carbocycles. The SMILES string of the molecule is CC(C)c1nnc(SCC(=O)O)n1CC(C(C)C)C(C)C. The first-order valence-corrected chi connectivity index (χ1v) is 8.50. The lowest BCUT2D eigenvalue weighted by atomic mass is 9.85. The largest absolute Gasteiger partial charge is 0.481 e. The van der Waals surface area contributed by atoms with Gasteiger partial charge in [0, 0.05) is 12.5 Å². The zero-order chi connectivity index (χ0) is 16.2. The van der Waals surface area contributed by atoms with E-state index in [9.17, 15) is 4.79 Å². The van der Waals surface area contributed by atoms with Crippen molar-refractivity contribution < 1.29 is 9.90 Å². The Hall–Kier alpha value is -1.04. The maximum atomic E-state index is 10.8. The summed E-state index contributed by atoms with van der Waals surface area (Å²) in [5, 5.41) is 18.0. The molecule has 1 aromatic heterocycles. The molecular formula is C15H27N3O2S. The van der Waals surface area contributed by atoms with Crippen LogP contribution in [0, 0.1) is 17.8 Å². The quantitative estimate of drug-likeness (QED) is 0.744. The Bertz CT molecular complexity index is 461. The fraction of sp³-hybridized carbons (Fsp3) is 0.800. The number of carbonyl (C=O) groups is 1. The fourth-order valence-electron chi connectivity index (χ4n) is 2.53. The normalized spacial score (nSPS) is 12.1. The maximum Gasteiger partial charge on any atom is 0.313 e. The van der Waals surface area contributed by atoms with Gasteiger partial charge in [0.05, 0.1) is 5.75 Å². The first-order chi connectivity index (χ1) is 9.73. The van der Waals surface area contributed by atoms with Crippen LogP contribution in [0.3, 0.4) is 0 Å². The summed E-state index contributed by atoms with van der Waals surface area (Å²) < 4.78 is 2.11. The van der Waals surface area contributed by atoms with Gasteiger partial charge < -0.3 is 9.67 Å². The molecule has 6 heteroatoms. The van der Waals surface area contributed by atoms with Crippen LogP contribution in [0.25, 0.3) is 0 Å². The van der Waals surface area contributed by atoms with Crippen molar-refractivity contribution in [2.75, 3.05) is 5.75 Å². The Labute approximate surface area is 131 Å². The molecule has 1 heterocycles. The van der Waals surface area contributed by atoms with E-state index in [1.807, 2.05) is 0 Å². The number of aliphatic carboxylic acids is 1. The van der Waals surface area contributed by atoms with Crippen LogP contribution in [-0.2, 0) is 11.3 Å². The van der Waals surface area contributed by atoms with Gasteiger partial charge in [0.1, 0.15) is 5.82 Å². The van der Waals surface area contributed by atoms with Crippen LogP contribution >= 0.6 is 11.8 Å². The first kappa shape index (κ1) is 18.0. The molecule has 0 aliphatic heterocycles. The summed E-state index contributed by atoms with van der Waals surface area (Å²) in [7, 11) is 0. The van der Waals surface area contributed by atoms with E-state index >= 15 is 0 Å². The van der Waals surface area contributed by atoms with Crippen LogP contribution in [0.5, 0.6) is 0 Å². The lowest BCUT2D eigenvalue weighted by Gasteiger charge is -2.26. The van der Waals surface area contributed by atoms with Crippen molar-refractivity contribution in [2.24, 2.45) is 17.8 Å². The second kappa shape index (κ2) is 7.82. The number of carboxylic acids is 1. The first-order valence-electron chi connectivity index (χ1n) is 7.51. The van der Waals surface area contributed by atoms with Crippen LogP contribution in [0.15, 0.2) is 5.16 Å². The molecule has 0 bridgehead atoms. The number of aromatic nitrogens is 3. The Morgan fingerprint density at radius 1 is 1.14 bits per heavy atom. The predicted octanol–water partition coefficient (Wildman–Crippen LogP) is 3.51. The van der Waals surface area contributed by atoms with Gasteiger partial charge in [0.15, 0.2) is 5.16 Å². The fourth-order valence-corrected chi connectivity index (χ4v) is 3.21. The lowest BCUT2D eigenvalue weighted by molar-refractivity contribution is -0.133. The standard InChI is InChI=1S/C15H27N3O2S/c1-9(2)12(10(3)4)7-18-14(11(5)6)16-17-15(18)21-8-13(19)20/h9-12H,7-8H2,1-6H3,(H,19,20). The Morgan fingerprint density at radius 2 is 1.71 bits per heavy atom. The Kier molecular flexibility index (Phi) is 6.71. The number of rotatable bonds is 8. The monoisotopic (exact) mass is 313 g/mol. The number of thioether (sulfide) groups is 1. The summed E-state index contributed by atoms with van der Waals surface area (Å²) in [6, 6.07) is 0. The molecule has 0 saturated heterocycles. The molecule has 0 amide bonds. The van der Waals surface area contributed by atoms with Crippen molar-refractivity contribution >= 4 is 17.7 Å². The van der Waals surface area contributed by atoms with Gasteiger partial charge in [-0.05, 0) is 17.8 Å². The van der Waals surface area contributed by atoms with Gasteiger partial charge in [0.2, 0.25) is 0 Å². The minimum absolute atomic E-state index is 0.0181. The number of carboxylic acid groups (broad SMARTS) is 1. The molecule has 21 heavy (non-hydrogen) atoms. The highest BCUT2D eigenvalue weighted by Gasteiger charge is 2.23. The van der Waals surface area contributed by atoms with E-state index in [1.54, 1.807) is 0 Å². The van der Waals surface area contributed by atoms with Crippen LogP contribution in [-0.4, -0.2) is 31.6 Å². The van der Waals surface area contributed by atoms with Gasteiger partial charge in [-0.15, -0.1) is 10.2 Å². The Balaban J connectivity index is 3.05. The van der Waals surface area contributed by atoms with E-state index in [-0.39, 0.29) is 11.7 Å². The molecule has 1 aromatic rings. The van der Waals surface area contributed by atoms with Crippen molar-refractivity contribution in [3.8, 4) is 0 Å². The molecule has 0 fully saturated rings. The summed E-state index contributed by atoms with van der Waals surface area (Å²) in [6.07, 6.45) is 0. The molecule has 0 aliphatic carbocycles. The average Bonchev–Trinajstić information content (AvgIpc) is 2.75. The summed E-state index contributed by atoms with van der Waals surface area (Å²) in [4.78, 5) is 10.8. The van der Waals surface area contributed by atoms with Gasteiger partial charge in [-0.3, -0.25) is 4.79 Å². The number of hydrogen-bond acceptors (Lipinski definition) is 4. The van der Waals surface area contributed by atoms with Gasteiger partial charge >= 0.3 is 5.97 Å². The van der Waals surface area contributed by atoms with Crippen LogP contribution in [0.1, 0.15) is 53.3 Å². The summed E-state index contributed by atoms with van der Waals surface area (Å²) in [5.41, 5.74) is 0. The molecule has 0 aromatic carbocycles. The van der Waals surface area contributed by atoms with Gasteiger partial charge in [-0.2, -0.15) is 0 Å². The highest BCUT2D eigenvalue weighted by Crippen LogP contribution is 2.28. The lowest BCUT2D eigenvalue weighted by Crippen LogP contribution is -2.23. The van der Waals surface area contributed by atoms with Gasteiger partial charge in [-0.25, -0.2) is 0 Å². The average molecular weight is 313 g/mol. The number of nitrogens with zero attached hydrogens (tertiary/aromatic N) is 3. The molecule has 0 unspecified atom stereocenters. The third-order valence-corrected chi connectivity index (χ3v) is 4.64. The second-order valence-corrected chi connectivity index (χ2v) is 7.38. The molecule has 1 N–H and O–H groups in total. The zero-order valence-corrected chi connectivity index (χ0v) is 14.6. The third-order valence-electron chi connectivity index (χ3n) is 3.69. The zero-order valence-electron chi connectivity index (χ0n) is 13.8. The van der Waals surface area contributed by atoms with E-state index in [0.717, 1.165) is 12.4 Å². The summed E-state index contributed by atoms with van der Waals surface area (Å²) in [5.74, 6) is 2.04. The minimum Gasteiger partial charge on any atom is -0.481 e. The Morgan fingerprint density at radius 3 is 2.14 bits per heavy atom. The molecule has 1 rings (SSSR count). The van der Waals surface area contributed by atoms with Crippen LogP contribution < -0.4 is 0 Å². The third kappa shape index (κ3) is 5.02. The molecule has 0 radical (unpaired) electrons. The molecule has 0 spiro atoms. The summed E-state index contributed by atoms with van der Waals surface area (Å²) >= 11 is 1.25. The van der Waals surface area contributed by atoms with E-state index < -0.39 is 5.97 Å². The van der Waals surface area contributed by atoms with E-state index in [1.165, 1.54) is 11.8 Å². The van der Waals surface area contributed by atoms with E-state index in [4.69, 9.17) is 5.11 Å². The topological polar surface area (TPSA) is 68.0 Å². The van der Waals surface area contributed by atoms with Crippen molar-refractivity contribution in [2.45, 2.75) is 59.2 Å². The van der Waals surface area contributed by atoms with E-state index in [2.05, 4.69) is 56.3 Å². The van der Waals surface area contributed by atoms with Crippen LogP contribution in [0.4, 0.5) is 0 Å². The summed E-state index contributed by atoms with van der Waals surface area (Å²) in [6.45, 7) is 13.9. The maximum absolute atomic E-state index is 10.8. The van der Waals surface area contributed by atoms with Crippen molar-refractivity contribution in [1.82, 2.24) is 14.8 Å². The molecule has 0 atom stereocenters. The van der Waals surface area contributed by atoms with Gasteiger partial charge in [0.25, 0.3) is 0 Å². The van der Waals surface area contributed by atoms with Crippen molar-refractivity contribution in [1.29, 1.82) is 0 Å². The minimum atomic E-state index is -0.829. The number of hydrogen-bond donors (Lipinski definition) is 1. The predicted molar refractivity (Wildman–Crippen MR) is 85.6 cm³/mol. The molecule has 5 nitrogen and oxygen atoms in total. The smallest absolute Gasteiger partial charge is 0.313 e. The molecular weight excluding hydrogens is 286 g/mol. The van der Waals surface area contributed by atoms with Crippen molar-refractivity contribution in [3.63, 3.8) is 0 Å². The molecule has 0 aliphatic rings. The highest BCUT2D eigenvalue weighted by atomic mass is 32.2. The van der Waals surface area contributed by atoms with Gasteiger partial charge in [-0.1, -0.05) is 53.3 Å². The van der Waals surface area contributed by atoms with E-state index in [0.29, 0.717) is 22.9 Å².